The third-order valence-corrected chi connectivity index (χ3v) is 5.42. The standard InChI is InChI=1S/C24H30N8O6/c1-4-37-18(33)11-10-17(23(35)38-5-2)28-22(34)14-6-8-16(9-7-14)31(3)12-15-13-32(36)21-19(27-15)20(25)29-24(26)30-21/h6-9,13,17,36H,4-5,10-12H2,1-3H3,(H,28,34)(H3,25,26,29). The van der Waals surface area contributed by atoms with Gasteiger partial charge >= 0.3 is 11.9 Å². The van der Waals surface area contributed by atoms with Crippen molar-refractivity contribution in [2.75, 3.05) is 30.9 Å². The number of rotatable bonds is 11. The van der Waals surface area contributed by atoms with Crippen LogP contribution in [0.5, 0.6) is 0 Å². The van der Waals surface area contributed by atoms with Gasteiger partial charge in [0.25, 0.3) is 5.91 Å². The van der Waals surface area contributed by atoms with Crippen LogP contribution < -0.4 is 21.6 Å². The molecule has 1 aromatic rings. The highest BCUT2D eigenvalue weighted by atomic mass is 16.5. The Balaban J connectivity index is 1.69. The van der Waals surface area contributed by atoms with Gasteiger partial charge in [0, 0.05) is 24.7 Å². The second-order valence-corrected chi connectivity index (χ2v) is 8.21. The number of nitrogens with two attached hydrogens (primary N) is 1. The Bertz CT molecular complexity index is 1330. The lowest BCUT2D eigenvalue weighted by atomic mass is 10.1. The second-order valence-electron chi connectivity index (χ2n) is 8.21. The normalized spacial score (nSPS) is 11.6. The minimum Gasteiger partial charge on any atom is -0.466 e. The number of ether oxygens (including phenoxy) is 2. The summed E-state index contributed by atoms with van der Waals surface area (Å²) in [5.41, 5.74) is 7.17. The number of nitrogens with one attached hydrogen (secondary N) is 2. The third kappa shape index (κ3) is 6.93. The Morgan fingerprint density at radius 3 is 2.47 bits per heavy atom. The van der Waals surface area contributed by atoms with Crippen molar-refractivity contribution in [1.29, 1.82) is 5.41 Å². The largest absolute Gasteiger partial charge is 0.466 e. The molecule has 1 atom stereocenters. The van der Waals surface area contributed by atoms with Crippen LogP contribution in [-0.4, -0.2) is 69.0 Å². The topological polar surface area (TPSA) is 199 Å². The lowest BCUT2D eigenvalue weighted by molar-refractivity contribution is -0.146. The summed E-state index contributed by atoms with van der Waals surface area (Å²) in [7, 11) is 1.79. The van der Waals surface area contributed by atoms with Gasteiger partial charge in [0.1, 0.15) is 6.04 Å². The van der Waals surface area contributed by atoms with Crippen molar-refractivity contribution in [3.8, 4) is 11.5 Å². The number of esters is 2. The zero-order valence-corrected chi connectivity index (χ0v) is 21.3. The van der Waals surface area contributed by atoms with Crippen molar-refractivity contribution in [2.45, 2.75) is 39.3 Å². The lowest BCUT2D eigenvalue weighted by Gasteiger charge is -2.21. The molecule has 14 nitrogen and oxygen atoms in total. The first-order chi connectivity index (χ1) is 18.1. The van der Waals surface area contributed by atoms with Gasteiger partial charge in [-0.05, 0) is 44.5 Å². The van der Waals surface area contributed by atoms with Gasteiger partial charge in [0.2, 0.25) is 11.4 Å². The maximum atomic E-state index is 12.8. The maximum absolute atomic E-state index is 12.8. The second kappa shape index (κ2) is 12.5. The molecule has 0 aromatic heterocycles. The molecule has 2 heterocycles. The smallest absolute Gasteiger partial charge is 0.328 e. The predicted molar refractivity (Wildman–Crippen MR) is 134 cm³/mol. The van der Waals surface area contributed by atoms with Crippen LogP contribution in [0.1, 0.15) is 42.7 Å². The zero-order valence-electron chi connectivity index (χ0n) is 21.3. The van der Waals surface area contributed by atoms with Crippen molar-refractivity contribution in [3.63, 3.8) is 0 Å². The van der Waals surface area contributed by atoms with Crippen LogP contribution in [0.3, 0.4) is 0 Å². The van der Waals surface area contributed by atoms with Gasteiger partial charge in [0.15, 0.2) is 11.5 Å². The van der Waals surface area contributed by atoms with E-state index in [0.29, 0.717) is 11.3 Å². The van der Waals surface area contributed by atoms with E-state index in [1.54, 1.807) is 45.2 Å². The molecule has 38 heavy (non-hydrogen) atoms. The summed E-state index contributed by atoms with van der Waals surface area (Å²) < 4.78 is 10.7. The molecule has 0 radical (unpaired) electrons. The van der Waals surface area contributed by atoms with Crippen molar-refractivity contribution in [2.24, 2.45) is 0 Å². The van der Waals surface area contributed by atoms with Crippen LogP contribution in [0.15, 0.2) is 30.5 Å². The molecule has 1 unspecified atom stereocenters. The van der Waals surface area contributed by atoms with E-state index < -0.39 is 23.9 Å². The molecule has 0 bridgehead atoms. The van der Waals surface area contributed by atoms with Gasteiger partial charge in [0.05, 0.1) is 31.6 Å². The minimum atomic E-state index is -0.999. The highest BCUT2D eigenvalue weighted by Crippen LogP contribution is 2.22. The Morgan fingerprint density at radius 2 is 1.82 bits per heavy atom. The van der Waals surface area contributed by atoms with Crippen LogP contribution in [0.4, 0.5) is 11.5 Å². The summed E-state index contributed by atoms with van der Waals surface area (Å²) in [6.07, 6.45) is 1.37. The van der Waals surface area contributed by atoms with Gasteiger partial charge in [-0.25, -0.2) is 9.78 Å². The number of carbonyl (C=O) groups is 3. The lowest BCUT2D eigenvalue weighted by Crippen LogP contribution is -2.42. The van der Waals surface area contributed by atoms with Crippen LogP contribution in [0.2, 0.25) is 0 Å². The molecule has 2 aliphatic heterocycles. The highest BCUT2D eigenvalue weighted by molar-refractivity contribution is 5.97. The molecule has 14 heteroatoms. The van der Waals surface area contributed by atoms with E-state index in [0.717, 1.165) is 10.4 Å². The van der Waals surface area contributed by atoms with E-state index in [1.165, 1.54) is 6.20 Å². The van der Waals surface area contributed by atoms with E-state index in [-0.39, 0.29) is 55.6 Å². The predicted octanol–water partition coefficient (Wildman–Crippen LogP) is 0.718. The number of nitrogens with zero attached hydrogens (tertiary/aromatic N) is 5. The molecule has 0 spiro atoms. The van der Waals surface area contributed by atoms with Gasteiger partial charge in [-0.2, -0.15) is 14.7 Å². The van der Waals surface area contributed by atoms with E-state index in [2.05, 4.69) is 20.3 Å². The van der Waals surface area contributed by atoms with Gasteiger partial charge < -0.3 is 30.6 Å². The third-order valence-electron chi connectivity index (χ3n) is 5.42. The average molecular weight is 527 g/mol. The summed E-state index contributed by atoms with van der Waals surface area (Å²) in [4.78, 5) is 50.6. The van der Waals surface area contributed by atoms with Gasteiger partial charge in [-0.3, -0.25) is 15.0 Å². The molecule has 3 rings (SSSR count). The quantitative estimate of drug-likeness (QED) is 0.203. The number of anilines is 2. The molecule has 1 amide bonds. The SMILES string of the molecule is CCOC(=O)CCC(NC(=O)c1ccc(N(C)Cc2cn(O)c3nc(=N)nc(N)c-3n2)cc1)C(=O)OCC. The molecule has 2 aliphatic rings. The Morgan fingerprint density at radius 1 is 1.13 bits per heavy atom. The van der Waals surface area contributed by atoms with Crippen LogP contribution in [0, 0.1) is 5.41 Å². The molecule has 5 N–H and O–H groups in total. The number of amides is 1. The fourth-order valence-corrected chi connectivity index (χ4v) is 3.61. The number of hydrogen-bond donors (Lipinski definition) is 4. The Hall–Kier alpha value is -4.75. The number of aromatic nitrogens is 4. The zero-order chi connectivity index (χ0) is 27.8. The molecule has 1 aromatic carbocycles. The monoisotopic (exact) mass is 526 g/mol. The molecule has 202 valence electrons. The minimum absolute atomic E-state index is 0.0210. The Kier molecular flexibility index (Phi) is 9.13. The van der Waals surface area contributed by atoms with Crippen molar-refractivity contribution < 1.29 is 29.1 Å². The van der Waals surface area contributed by atoms with E-state index in [9.17, 15) is 19.6 Å². The summed E-state index contributed by atoms with van der Waals surface area (Å²) in [6.45, 7) is 3.97. The summed E-state index contributed by atoms with van der Waals surface area (Å²) in [5, 5.41) is 20.4. The fraction of sp³-hybridized carbons (Fsp3) is 0.375. The first kappa shape index (κ1) is 27.8. The van der Waals surface area contributed by atoms with E-state index in [1.807, 2.05) is 4.90 Å². The van der Waals surface area contributed by atoms with Crippen LogP contribution in [0.25, 0.3) is 11.5 Å². The molecule has 0 fully saturated rings. The van der Waals surface area contributed by atoms with Crippen molar-refractivity contribution >= 4 is 29.4 Å². The van der Waals surface area contributed by atoms with Crippen molar-refractivity contribution in [1.82, 2.24) is 25.0 Å². The number of hydrogen-bond acceptors (Lipinski definition) is 12. The molecule has 0 aliphatic carbocycles. The molecule has 0 saturated carbocycles. The average Bonchev–Trinajstić information content (AvgIpc) is 2.87. The molecular formula is C24H30N8O6. The number of carbonyl (C=O) groups excluding carboxylic acids is 3. The fourth-order valence-electron chi connectivity index (χ4n) is 3.61. The Labute approximate surface area is 218 Å². The maximum Gasteiger partial charge on any atom is 0.328 e. The highest BCUT2D eigenvalue weighted by Gasteiger charge is 2.24. The first-order valence-electron chi connectivity index (χ1n) is 11.9. The number of nitrogen functional groups attached to an aromatic ring is 1. The number of benzene rings is 1. The summed E-state index contributed by atoms with van der Waals surface area (Å²) in [5.74, 6) is -1.59. The van der Waals surface area contributed by atoms with E-state index in [4.69, 9.17) is 20.6 Å². The summed E-state index contributed by atoms with van der Waals surface area (Å²) >= 11 is 0. The summed E-state index contributed by atoms with van der Waals surface area (Å²) in [6, 6.07) is 5.61. The molecule has 0 saturated heterocycles. The van der Waals surface area contributed by atoms with Gasteiger partial charge in [-0.15, -0.1) is 0 Å². The van der Waals surface area contributed by atoms with E-state index >= 15 is 0 Å². The first-order valence-corrected chi connectivity index (χ1v) is 11.9. The van der Waals surface area contributed by atoms with Crippen LogP contribution >= 0.6 is 0 Å². The molecular weight excluding hydrogens is 496 g/mol. The van der Waals surface area contributed by atoms with Gasteiger partial charge in [-0.1, -0.05) is 0 Å². The number of fused-ring (bicyclic) bond motifs is 1. The van der Waals surface area contributed by atoms with Crippen LogP contribution in [-0.2, 0) is 25.6 Å². The van der Waals surface area contributed by atoms with Crippen molar-refractivity contribution in [3.05, 3.63) is 47.3 Å².